The molecule has 1 aliphatic carbocycles. The maximum Gasteiger partial charge on any atom is 0.263 e. The highest BCUT2D eigenvalue weighted by atomic mass is 16.2. The molecule has 0 unspecified atom stereocenters. The van der Waals surface area contributed by atoms with E-state index in [2.05, 4.69) is 17.1 Å². The number of nitrogens with zero attached hydrogens (tertiary/aromatic N) is 2. The highest BCUT2D eigenvalue weighted by Gasteiger charge is 2.17. The number of hydrogen-bond donors (Lipinski definition) is 0. The summed E-state index contributed by atoms with van der Waals surface area (Å²) in [4.78, 5) is 16.0. The molecule has 0 saturated heterocycles. The van der Waals surface area contributed by atoms with Crippen molar-refractivity contribution in [2.75, 3.05) is 0 Å². The molecule has 92 valence electrons. The molecule has 3 heteroatoms. The number of imidazole rings is 1. The number of rotatable bonds is 2. The third kappa shape index (κ3) is 2.08. The van der Waals surface area contributed by atoms with Crippen LogP contribution in [0, 0.1) is 0 Å². The Hall–Kier alpha value is -1.90. The fourth-order valence-corrected chi connectivity index (χ4v) is 2.69. The monoisotopic (exact) mass is 240 g/mol. The number of hydrogen-bond acceptors (Lipinski definition) is 2. The summed E-state index contributed by atoms with van der Waals surface area (Å²) in [5, 5.41) is 0. The molecule has 3 nitrogen and oxygen atoms in total. The van der Waals surface area contributed by atoms with Crippen LogP contribution in [0.15, 0.2) is 43.0 Å². The lowest BCUT2D eigenvalue weighted by atomic mass is 9.96. The molecule has 0 amide bonds. The zero-order valence-corrected chi connectivity index (χ0v) is 10.2. The standard InChI is InChI=1S/C15H16N2O/c18-15(17-10-9-16-11-17)14-7-5-13(6-8-14)12-3-1-2-4-12/h5-12H,1-4H2. The molecular weight excluding hydrogens is 224 g/mol. The van der Waals surface area contributed by atoms with Crippen molar-refractivity contribution < 1.29 is 4.79 Å². The van der Waals surface area contributed by atoms with Gasteiger partial charge in [0.25, 0.3) is 5.91 Å². The molecule has 1 aromatic heterocycles. The van der Waals surface area contributed by atoms with Gasteiger partial charge in [0.1, 0.15) is 6.33 Å². The first-order valence-electron chi connectivity index (χ1n) is 6.47. The zero-order chi connectivity index (χ0) is 12.4. The van der Waals surface area contributed by atoms with Crippen LogP contribution in [0.25, 0.3) is 0 Å². The molecule has 0 N–H and O–H groups in total. The second kappa shape index (κ2) is 4.77. The summed E-state index contributed by atoms with van der Waals surface area (Å²) in [6.45, 7) is 0. The minimum Gasteiger partial charge on any atom is -0.272 e. The van der Waals surface area contributed by atoms with E-state index in [1.165, 1.54) is 42.1 Å². The third-order valence-electron chi connectivity index (χ3n) is 3.72. The molecule has 0 radical (unpaired) electrons. The van der Waals surface area contributed by atoms with E-state index in [0.29, 0.717) is 5.92 Å². The SMILES string of the molecule is O=C(c1ccc(C2CCCC2)cc1)n1ccnc1. The van der Waals surface area contributed by atoms with Crippen LogP contribution in [0.2, 0.25) is 0 Å². The summed E-state index contributed by atoms with van der Waals surface area (Å²) < 4.78 is 1.50. The minimum absolute atomic E-state index is 0.0227. The molecule has 0 spiro atoms. The second-order valence-corrected chi connectivity index (χ2v) is 4.88. The summed E-state index contributed by atoms with van der Waals surface area (Å²) >= 11 is 0. The lowest BCUT2D eigenvalue weighted by Gasteiger charge is -2.09. The Labute approximate surface area is 106 Å². The van der Waals surface area contributed by atoms with Gasteiger partial charge in [-0.05, 0) is 36.5 Å². The normalized spacial score (nSPS) is 16.0. The summed E-state index contributed by atoms with van der Waals surface area (Å²) in [7, 11) is 0. The Balaban J connectivity index is 1.80. The Bertz CT molecular complexity index is 522. The van der Waals surface area contributed by atoms with Gasteiger partial charge in [0.05, 0.1) is 0 Å². The van der Waals surface area contributed by atoms with Gasteiger partial charge >= 0.3 is 0 Å². The minimum atomic E-state index is -0.0227. The first-order valence-corrected chi connectivity index (χ1v) is 6.47. The van der Waals surface area contributed by atoms with Gasteiger partial charge in [0.15, 0.2) is 0 Å². The lowest BCUT2D eigenvalue weighted by molar-refractivity contribution is 0.0960. The van der Waals surface area contributed by atoms with Crippen molar-refractivity contribution in [3.8, 4) is 0 Å². The third-order valence-corrected chi connectivity index (χ3v) is 3.72. The molecule has 1 aromatic carbocycles. The zero-order valence-electron chi connectivity index (χ0n) is 10.2. The van der Waals surface area contributed by atoms with Crippen LogP contribution in [-0.4, -0.2) is 15.5 Å². The fourth-order valence-electron chi connectivity index (χ4n) is 2.69. The van der Waals surface area contributed by atoms with Crippen molar-refractivity contribution >= 4 is 5.91 Å². The van der Waals surface area contributed by atoms with Gasteiger partial charge < -0.3 is 0 Å². The van der Waals surface area contributed by atoms with E-state index >= 15 is 0 Å². The molecule has 18 heavy (non-hydrogen) atoms. The highest BCUT2D eigenvalue weighted by molar-refractivity contribution is 5.95. The largest absolute Gasteiger partial charge is 0.272 e. The summed E-state index contributed by atoms with van der Waals surface area (Å²) in [6.07, 6.45) is 10.1. The molecule has 1 heterocycles. The molecule has 0 bridgehead atoms. The maximum absolute atomic E-state index is 12.1. The summed E-state index contributed by atoms with van der Waals surface area (Å²) in [6, 6.07) is 8.05. The molecule has 0 aliphatic heterocycles. The van der Waals surface area contributed by atoms with Crippen LogP contribution in [0.4, 0.5) is 0 Å². The average molecular weight is 240 g/mol. The van der Waals surface area contributed by atoms with Gasteiger partial charge in [0.2, 0.25) is 0 Å². The molecule has 0 atom stereocenters. The number of carbonyl (C=O) groups is 1. The Kier molecular flexibility index (Phi) is 2.97. The maximum atomic E-state index is 12.1. The van der Waals surface area contributed by atoms with Crippen LogP contribution in [0.5, 0.6) is 0 Å². The van der Waals surface area contributed by atoms with Crippen molar-refractivity contribution in [3.05, 3.63) is 54.1 Å². The van der Waals surface area contributed by atoms with E-state index in [1.807, 2.05) is 12.1 Å². The Morgan fingerprint density at radius 3 is 2.50 bits per heavy atom. The van der Waals surface area contributed by atoms with E-state index < -0.39 is 0 Å². The van der Waals surface area contributed by atoms with Crippen LogP contribution in [0.3, 0.4) is 0 Å². The summed E-state index contributed by atoms with van der Waals surface area (Å²) in [5.74, 6) is 0.674. The number of carbonyl (C=O) groups excluding carboxylic acids is 1. The van der Waals surface area contributed by atoms with E-state index in [9.17, 15) is 4.79 Å². The summed E-state index contributed by atoms with van der Waals surface area (Å²) in [5.41, 5.74) is 2.09. The first kappa shape index (κ1) is 11.2. The highest BCUT2D eigenvalue weighted by Crippen LogP contribution is 2.33. The van der Waals surface area contributed by atoms with E-state index in [1.54, 1.807) is 12.4 Å². The fraction of sp³-hybridized carbons (Fsp3) is 0.333. The number of benzene rings is 1. The van der Waals surface area contributed by atoms with E-state index in [-0.39, 0.29) is 5.91 Å². The predicted octanol–water partition coefficient (Wildman–Crippen LogP) is 3.23. The van der Waals surface area contributed by atoms with Crippen LogP contribution < -0.4 is 0 Å². The van der Waals surface area contributed by atoms with Gasteiger partial charge in [-0.1, -0.05) is 25.0 Å². The van der Waals surface area contributed by atoms with E-state index in [4.69, 9.17) is 0 Å². The first-order chi connectivity index (χ1) is 8.84. The van der Waals surface area contributed by atoms with Crippen molar-refractivity contribution in [2.24, 2.45) is 0 Å². The molecule has 1 fully saturated rings. The van der Waals surface area contributed by atoms with Crippen molar-refractivity contribution in [2.45, 2.75) is 31.6 Å². The van der Waals surface area contributed by atoms with Crippen molar-refractivity contribution in [1.82, 2.24) is 9.55 Å². The van der Waals surface area contributed by atoms with Crippen molar-refractivity contribution in [3.63, 3.8) is 0 Å². The van der Waals surface area contributed by atoms with Gasteiger partial charge in [-0.2, -0.15) is 0 Å². The van der Waals surface area contributed by atoms with Crippen molar-refractivity contribution in [1.29, 1.82) is 0 Å². The van der Waals surface area contributed by atoms with E-state index in [0.717, 1.165) is 5.56 Å². The number of aromatic nitrogens is 2. The van der Waals surface area contributed by atoms with Gasteiger partial charge in [-0.3, -0.25) is 9.36 Å². The quantitative estimate of drug-likeness (QED) is 0.807. The second-order valence-electron chi connectivity index (χ2n) is 4.88. The molecule has 3 rings (SSSR count). The Morgan fingerprint density at radius 1 is 1.17 bits per heavy atom. The van der Waals surface area contributed by atoms with Gasteiger partial charge in [0, 0.05) is 18.0 Å². The topological polar surface area (TPSA) is 34.9 Å². The molecule has 1 saturated carbocycles. The lowest BCUT2D eigenvalue weighted by Crippen LogP contribution is -2.09. The van der Waals surface area contributed by atoms with Gasteiger partial charge in [-0.25, -0.2) is 4.98 Å². The average Bonchev–Trinajstić information content (AvgIpc) is 3.11. The van der Waals surface area contributed by atoms with Crippen LogP contribution >= 0.6 is 0 Å². The Morgan fingerprint density at radius 2 is 1.89 bits per heavy atom. The smallest absolute Gasteiger partial charge is 0.263 e. The molecular formula is C15H16N2O. The van der Waals surface area contributed by atoms with Crippen LogP contribution in [0.1, 0.15) is 47.5 Å². The molecule has 2 aromatic rings. The van der Waals surface area contributed by atoms with Gasteiger partial charge in [-0.15, -0.1) is 0 Å². The predicted molar refractivity (Wildman–Crippen MR) is 69.6 cm³/mol. The molecule has 1 aliphatic rings. The van der Waals surface area contributed by atoms with Crippen LogP contribution in [-0.2, 0) is 0 Å².